The summed E-state index contributed by atoms with van der Waals surface area (Å²) in [5.41, 5.74) is -0.929. The van der Waals surface area contributed by atoms with E-state index in [9.17, 15) is 21.6 Å². The summed E-state index contributed by atoms with van der Waals surface area (Å²) in [6.45, 7) is 3.35. The molecule has 1 saturated carbocycles. The standard InChI is InChI=1S/C15H21F3N2O2S/c1-10-4-7-13(8-14(10)15(16,17)18)23(21,22)19-9-11(2)20(3)12-5-6-12/h4,7-8,11-12,19H,5-6,9H2,1-3H3. The van der Waals surface area contributed by atoms with E-state index in [-0.39, 0.29) is 23.0 Å². The summed E-state index contributed by atoms with van der Waals surface area (Å²) in [6, 6.07) is 3.52. The number of aryl methyl sites for hydroxylation is 1. The van der Waals surface area contributed by atoms with Crippen molar-refractivity contribution in [1.29, 1.82) is 0 Å². The van der Waals surface area contributed by atoms with Gasteiger partial charge in [-0.15, -0.1) is 0 Å². The lowest BCUT2D eigenvalue weighted by Crippen LogP contribution is -2.41. The van der Waals surface area contributed by atoms with Crippen LogP contribution < -0.4 is 4.72 Å². The van der Waals surface area contributed by atoms with Gasteiger partial charge >= 0.3 is 6.18 Å². The number of rotatable bonds is 6. The van der Waals surface area contributed by atoms with E-state index in [2.05, 4.69) is 9.62 Å². The Bertz CT molecular complexity index is 670. The molecule has 2 rings (SSSR count). The van der Waals surface area contributed by atoms with Crippen LogP contribution in [0.25, 0.3) is 0 Å². The minimum absolute atomic E-state index is 0.00159. The fourth-order valence-corrected chi connectivity index (χ4v) is 3.52. The maximum atomic E-state index is 12.9. The van der Waals surface area contributed by atoms with E-state index >= 15 is 0 Å². The molecule has 1 atom stereocenters. The molecule has 0 radical (unpaired) electrons. The average molecular weight is 350 g/mol. The van der Waals surface area contributed by atoms with Crippen molar-refractivity contribution < 1.29 is 21.6 Å². The van der Waals surface area contributed by atoms with Gasteiger partial charge in [-0.1, -0.05) is 6.07 Å². The largest absolute Gasteiger partial charge is 0.416 e. The zero-order valence-electron chi connectivity index (χ0n) is 13.3. The Labute approximate surface area is 134 Å². The monoisotopic (exact) mass is 350 g/mol. The quantitative estimate of drug-likeness (QED) is 0.858. The van der Waals surface area contributed by atoms with Crippen LogP contribution >= 0.6 is 0 Å². The topological polar surface area (TPSA) is 49.4 Å². The van der Waals surface area contributed by atoms with Crippen molar-refractivity contribution >= 4 is 10.0 Å². The molecule has 4 nitrogen and oxygen atoms in total. The van der Waals surface area contributed by atoms with E-state index in [4.69, 9.17) is 0 Å². The lowest BCUT2D eigenvalue weighted by Gasteiger charge is -2.24. The predicted octanol–water partition coefficient (Wildman–Crippen LogP) is 2.77. The van der Waals surface area contributed by atoms with Crippen molar-refractivity contribution in [3.8, 4) is 0 Å². The number of likely N-dealkylation sites (N-methyl/N-ethyl adjacent to an activating group) is 1. The lowest BCUT2D eigenvalue weighted by atomic mass is 10.1. The molecule has 0 aromatic heterocycles. The summed E-state index contributed by atoms with van der Waals surface area (Å²) >= 11 is 0. The molecule has 0 heterocycles. The molecule has 0 aliphatic heterocycles. The summed E-state index contributed by atoms with van der Waals surface area (Å²) < 4.78 is 65.6. The molecule has 23 heavy (non-hydrogen) atoms. The van der Waals surface area contributed by atoms with Crippen molar-refractivity contribution in [2.45, 2.75) is 49.8 Å². The van der Waals surface area contributed by atoms with Crippen molar-refractivity contribution in [3.63, 3.8) is 0 Å². The van der Waals surface area contributed by atoms with Gasteiger partial charge in [0.1, 0.15) is 0 Å². The fourth-order valence-electron chi connectivity index (χ4n) is 2.37. The van der Waals surface area contributed by atoms with Gasteiger partial charge in [-0.25, -0.2) is 13.1 Å². The van der Waals surface area contributed by atoms with Crippen LogP contribution in [0.3, 0.4) is 0 Å². The van der Waals surface area contributed by atoms with Crippen LogP contribution in [-0.4, -0.2) is 39.0 Å². The number of nitrogens with one attached hydrogen (secondary N) is 1. The minimum atomic E-state index is -4.57. The highest BCUT2D eigenvalue weighted by Gasteiger charge is 2.34. The number of nitrogens with zero attached hydrogens (tertiary/aromatic N) is 1. The molecule has 1 aliphatic carbocycles. The van der Waals surface area contributed by atoms with E-state index in [1.165, 1.54) is 19.1 Å². The Morgan fingerprint density at radius 3 is 2.48 bits per heavy atom. The van der Waals surface area contributed by atoms with Crippen LogP contribution in [-0.2, 0) is 16.2 Å². The Balaban J connectivity index is 2.13. The first-order valence-corrected chi connectivity index (χ1v) is 8.90. The van der Waals surface area contributed by atoms with Crippen molar-refractivity contribution in [2.75, 3.05) is 13.6 Å². The molecular weight excluding hydrogens is 329 g/mol. The van der Waals surface area contributed by atoms with E-state index in [0.29, 0.717) is 12.1 Å². The normalized spacial score (nSPS) is 17.5. The molecule has 0 amide bonds. The second kappa shape index (κ2) is 6.41. The van der Waals surface area contributed by atoms with Gasteiger partial charge in [0.05, 0.1) is 10.5 Å². The van der Waals surface area contributed by atoms with E-state index < -0.39 is 21.8 Å². The maximum Gasteiger partial charge on any atom is 0.416 e. The molecule has 1 N–H and O–H groups in total. The van der Waals surface area contributed by atoms with Gasteiger partial charge in [0.2, 0.25) is 10.0 Å². The van der Waals surface area contributed by atoms with Crippen LogP contribution in [0.15, 0.2) is 23.1 Å². The van der Waals surface area contributed by atoms with Crippen LogP contribution in [0, 0.1) is 6.92 Å². The summed E-state index contributed by atoms with van der Waals surface area (Å²) in [7, 11) is -2.05. The van der Waals surface area contributed by atoms with Crippen LogP contribution in [0.5, 0.6) is 0 Å². The zero-order chi connectivity index (χ0) is 17.4. The summed E-state index contributed by atoms with van der Waals surface area (Å²) in [6.07, 6.45) is -2.38. The van der Waals surface area contributed by atoms with Crippen molar-refractivity contribution in [2.24, 2.45) is 0 Å². The fraction of sp³-hybridized carbons (Fsp3) is 0.600. The number of halogens is 3. The third kappa shape index (κ3) is 4.45. The SMILES string of the molecule is Cc1ccc(S(=O)(=O)NCC(C)N(C)C2CC2)cc1C(F)(F)F. The summed E-state index contributed by atoms with van der Waals surface area (Å²) in [5, 5.41) is 0. The summed E-state index contributed by atoms with van der Waals surface area (Å²) in [5.74, 6) is 0. The van der Waals surface area contributed by atoms with Gasteiger partial charge in [0.25, 0.3) is 0 Å². The second-order valence-electron chi connectivity index (χ2n) is 6.07. The predicted molar refractivity (Wildman–Crippen MR) is 81.6 cm³/mol. The number of hydrogen-bond donors (Lipinski definition) is 1. The summed E-state index contributed by atoms with van der Waals surface area (Å²) in [4.78, 5) is 1.72. The molecule has 0 bridgehead atoms. The smallest absolute Gasteiger partial charge is 0.299 e. The first-order valence-electron chi connectivity index (χ1n) is 7.42. The molecule has 1 aromatic rings. The molecule has 8 heteroatoms. The van der Waals surface area contributed by atoms with Crippen molar-refractivity contribution in [3.05, 3.63) is 29.3 Å². The van der Waals surface area contributed by atoms with Crippen LogP contribution in [0.4, 0.5) is 13.2 Å². The first kappa shape index (κ1) is 18.2. The van der Waals surface area contributed by atoms with E-state index in [1.54, 1.807) is 0 Å². The molecule has 1 aromatic carbocycles. The van der Waals surface area contributed by atoms with Gasteiger partial charge in [0.15, 0.2) is 0 Å². The number of sulfonamides is 1. The molecule has 0 spiro atoms. The Morgan fingerprint density at radius 1 is 1.35 bits per heavy atom. The Hall–Kier alpha value is -1.12. The van der Waals surface area contributed by atoms with E-state index in [0.717, 1.165) is 12.8 Å². The molecule has 1 fully saturated rings. The lowest BCUT2D eigenvalue weighted by molar-refractivity contribution is -0.138. The Morgan fingerprint density at radius 2 is 1.96 bits per heavy atom. The highest BCUT2D eigenvalue weighted by molar-refractivity contribution is 7.89. The van der Waals surface area contributed by atoms with Gasteiger partial charge in [-0.05, 0) is 51.4 Å². The average Bonchev–Trinajstić information content (AvgIpc) is 3.27. The van der Waals surface area contributed by atoms with Gasteiger partial charge < -0.3 is 0 Å². The van der Waals surface area contributed by atoms with Crippen LogP contribution in [0.1, 0.15) is 30.9 Å². The third-order valence-corrected chi connectivity index (χ3v) is 5.63. The highest BCUT2D eigenvalue weighted by Crippen LogP contribution is 2.33. The van der Waals surface area contributed by atoms with E-state index in [1.807, 2.05) is 14.0 Å². The number of benzene rings is 1. The highest BCUT2D eigenvalue weighted by atomic mass is 32.2. The Kier molecular flexibility index (Phi) is 5.08. The van der Waals surface area contributed by atoms with Gasteiger partial charge in [0, 0.05) is 18.6 Å². The first-order chi connectivity index (χ1) is 10.5. The molecule has 1 aliphatic rings. The second-order valence-corrected chi connectivity index (χ2v) is 7.84. The zero-order valence-corrected chi connectivity index (χ0v) is 14.1. The molecular formula is C15H21F3N2O2S. The third-order valence-electron chi connectivity index (χ3n) is 4.21. The van der Waals surface area contributed by atoms with Crippen LogP contribution in [0.2, 0.25) is 0 Å². The molecule has 130 valence electrons. The minimum Gasteiger partial charge on any atom is -0.299 e. The van der Waals surface area contributed by atoms with Gasteiger partial charge in [-0.2, -0.15) is 13.2 Å². The van der Waals surface area contributed by atoms with Crippen molar-refractivity contribution in [1.82, 2.24) is 9.62 Å². The molecule has 1 unspecified atom stereocenters. The molecule has 0 saturated heterocycles. The number of alkyl halides is 3. The van der Waals surface area contributed by atoms with Gasteiger partial charge in [-0.3, -0.25) is 4.90 Å². The number of hydrogen-bond acceptors (Lipinski definition) is 3. The maximum absolute atomic E-state index is 12.9.